The molecule has 0 spiro atoms. The van der Waals surface area contributed by atoms with Gasteiger partial charge in [0.15, 0.2) is 0 Å². The summed E-state index contributed by atoms with van der Waals surface area (Å²) in [6.07, 6.45) is 2.11. The van der Waals surface area contributed by atoms with E-state index in [1.807, 2.05) is 24.3 Å². The molecule has 1 aliphatic carbocycles. The van der Waals surface area contributed by atoms with Crippen molar-refractivity contribution >= 4 is 23.2 Å². The maximum absolute atomic E-state index is 11.8. The molecule has 0 radical (unpaired) electrons. The van der Waals surface area contributed by atoms with Crippen molar-refractivity contribution in [2.75, 3.05) is 5.32 Å². The molecule has 1 aliphatic heterocycles. The molecule has 5 nitrogen and oxygen atoms in total. The van der Waals surface area contributed by atoms with E-state index in [4.69, 9.17) is 0 Å². The topological polar surface area (TPSA) is 70.6 Å². The van der Waals surface area contributed by atoms with Gasteiger partial charge >= 0.3 is 0 Å². The summed E-state index contributed by atoms with van der Waals surface area (Å²) in [4.78, 5) is 22.9. The van der Waals surface area contributed by atoms with Gasteiger partial charge in [0, 0.05) is 24.4 Å². The SMILES string of the molecule is CC1CC1C(=O)Nc1ccc(C2=NNC(=O)CC2)cc1. The van der Waals surface area contributed by atoms with Crippen LogP contribution in [0.15, 0.2) is 29.4 Å². The van der Waals surface area contributed by atoms with E-state index in [1.54, 1.807) is 0 Å². The second kappa shape index (κ2) is 5.07. The summed E-state index contributed by atoms with van der Waals surface area (Å²) in [6.45, 7) is 2.09. The molecular formula is C15H17N3O2. The fourth-order valence-electron chi connectivity index (χ4n) is 2.35. The molecule has 1 aromatic carbocycles. The second-order valence-corrected chi connectivity index (χ2v) is 5.48. The third kappa shape index (κ3) is 2.71. The van der Waals surface area contributed by atoms with Gasteiger partial charge in [0.25, 0.3) is 0 Å². The standard InChI is InChI=1S/C15H17N3O2/c1-9-8-12(9)15(20)16-11-4-2-10(3-5-11)13-6-7-14(19)18-17-13/h2-5,9,12H,6-8H2,1H3,(H,16,20)(H,18,19). The minimum absolute atomic E-state index is 0.0452. The van der Waals surface area contributed by atoms with Crippen LogP contribution in [0.25, 0.3) is 0 Å². The number of anilines is 1. The van der Waals surface area contributed by atoms with Crippen LogP contribution in [0.3, 0.4) is 0 Å². The summed E-state index contributed by atoms with van der Waals surface area (Å²) < 4.78 is 0. The van der Waals surface area contributed by atoms with Gasteiger partial charge in [0.1, 0.15) is 0 Å². The van der Waals surface area contributed by atoms with Gasteiger partial charge in [0.05, 0.1) is 5.71 Å². The van der Waals surface area contributed by atoms with Crippen LogP contribution < -0.4 is 10.7 Å². The summed E-state index contributed by atoms with van der Waals surface area (Å²) in [5.74, 6) is 0.741. The first-order valence-corrected chi connectivity index (χ1v) is 6.90. The molecule has 0 saturated heterocycles. The Labute approximate surface area is 117 Å². The van der Waals surface area contributed by atoms with Gasteiger partial charge in [-0.15, -0.1) is 0 Å². The fraction of sp³-hybridized carbons (Fsp3) is 0.400. The highest BCUT2D eigenvalue weighted by atomic mass is 16.2. The van der Waals surface area contributed by atoms with Crippen LogP contribution in [0, 0.1) is 11.8 Å². The number of hydrazone groups is 1. The highest BCUT2D eigenvalue weighted by Gasteiger charge is 2.39. The van der Waals surface area contributed by atoms with Gasteiger partial charge in [-0.3, -0.25) is 9.59 Å². The molecule has 5 heteroatoms. The molecule has 2 amide bonds. The molecule has 2 atom stereocenters. The summed E-state index contributed by atoms with van der Waals surface area (Å²) >= 11 is 0. The van der Waals surface area contributed by atoms with E-state index in [0.717, 1.165) is 23.4 Å². The van der Waals surface area contributed by atoms with E-state index < -0.39 is 0 Å². The summed E-state index contributed by atoms with van der Waals surface area (Å²) in [5.41, 5.74) is 5.14. The molecule has 0 aromatic heterocycles. The van der Waals surface area contributed by atoms with Gasteiger partial charge in [-0.1, -0.05) is 19.1 Å². The predicted molar refractivity (Wildman–Crippen MR) is 76.3 cm³/mol. The number of amides is 2. The minimum Gasteiger partial charge on any atom is -0.326 e. The van der Waals surface area contributed by atoms with Gasteiger partial charge in [0.2, 0.25) is 11.8 Å². The average molecular weight is 271 g/mol. The van der Waals surface area contributed by atoms with Gasteiger partial charge in [-0.05, 0) is 30.0 Å². The first-order chi connectivity index (χ1) is 9.63. The average Bonchev–Trinajstić information content (AvgIpc) is 3.18. The summed E-state index contributed by atoms with van der Waals surface area (Å²) in [6, 6.07) is 7.59. The van der Waals surface area contributed by atoms with Crippen LogP contribution in [-0.2, 0) is 9.59 Å². The third-order valence-corrected chi connectivity index (χ3v) is 3.84. The number of nitrogens with zero attached hydrogens (tertiary/aromatic N) is 1. The number of carbonyl (C=O) groups is 2. The lowest BCUT2D eigenvalue weighted by Gasteiger charge is -2.12. The van der Waals surface area contributed by atoms with E-state index in [0.29, 0.717) is 18.8 Å². The van der Waals surface area contributed by atoms with Crippen molar-refractivity contribution in [2.45, 2.75) is 26.2 Å². The maximum Gasteiger partial charge on any atom is 0.240 e. The van der Waals surface area contributed by atoms with Crippen LogP contribution in [0.2, 0.25) is 0 Å². The van der Waals surface area contributed by atoms with Crippen LogP contribution >= 0.6 is 0 Å². The Morgan fingerprint density at radius 2 is 2.00 bits per heavy atom. The smallest absolute Gasteiger partial charge is 0.240 e. The molecule has 0 bridgehead atoms. The summed E-state index contributed by atoms with van der Waals surface area (Å²) in [7, 11) is 0. The van der Waals surface area contributed by atoms with Crippen LogP contribution in [0.1, 0.15) is 31.7 Å². The van der Waals surface area contributed by atoms with Gasteiger partial charge in [-0.25, -0.2) is 5.43 Å². The molecule has 2 N–H and O–H groups in total. The number of hydrogen-bond donors (Lipinski definition) is 2. The van der Waals surface area contributed by atoms with E-state index in [-0.39, 0.29) is 17.7 Å². The lowest BCUT2D eigenvalue weighted by molar-refractivity contribution is -0.121. The normalized spacial score (nSPS) is 24.6. The Bertz CT molecular complexity index is 577. The van der Waals surface area contributed by atoms with Crippen LogP contribution in [0.4, 0.5) is 5.69 Å². The molecule has 104 valence electrons. The van der Waals surface area contributed by atoms with Gasteiger partial charge < -0.3 is 5.32 Å². The van der Waals surface area contributed by atoms with Crippen molar-refractivity contribution in [3.05, 3.63) is 29.8 Å². The Hall–Kier alpha value is -2.17. The zero-order chi connectivity index (χ0) is 14.1. The highest BCUT2D eigenvalue weighted by Crippen LogP contribution is 2.38. The van der Waals surface area contributed by atoms with Crippen molar-refractivity contribution in [1.29, 1.82) is 0 Å². The van der Waals surface area contributed by atoms with Crippen molar-refractivity contribution in [1.82, 2.24) is 5.43 Å². The lowest BCUT2D eigenvalue weighted by atomic mass is 10.0. The first kappa shape index (κ1) is 12.8. The van der Waals surface area contributed by atoms with Crippen molar-refractivity contribution in [3.63, 3.8) is 0 Å². The highest BCUT2D eigenvalue weighted by molar-refractivity contribution is 6.04. The van der Waals surface area contributed by atoms with E-state index in [1.165, 1.54) is 0 Å². The zero-order valence-corrected chi connectivity index (χ0v) is 11.3. The van der Waals surface area contributed by atoms with Crippen molar-refractivity contribution < 1.29 is 9.59 Å². The second-order valence-electron chi connectivity index (χ2n) is 5.48. The molecular weight excluding hydrogens is 254 g/mol. The lowest BCUT2D eigenvalue weighted by Crippen LogP contribution is -2.25. The molecule has 2 unspecified atom stereocenters. The number of benzene rings is 1. The number of nitrogens with one attached hydrogen (secondary N) is 2. The Morgan fingerprint density at radius 3 is 2.55 bits per heavy atom. The number of carbonyl (C=O) groups excluding carboxylic acids is 2. The molecule has 2 aliphatic rings. The molecule has 1 heterocycles. The monoisotopic (exact) mass is 271 g/mol. The van der Waals surface area contributed by atoms with E-state index in [9.17, 15) is 9.59 Å². The molecule has 1 saturated carbocycles. The molecule has 1 aromatic rings. The predicted octanol–water partition coefficient (Wildman–Crippen LogP) is 1.90. The van der Waals surface area contributed by atoms with Gasteiger partial charge in [-0.2, -0.15) is 5.10 Å². The van der Waals surface area contributed by atoms with Crippen molar-refractivity contribution in [3.8, 4) is 0 Å². The number of hydrogen-bond acceptors (Lipinski definition) is 3. The molecule has 20 heavy (non-hydrogen) atoms. The van der Waals surface area contributed by atoms with Crippen LogP contribution in [-0.4, -0.2) is 17.5 Å². The third-order valence-electron chi connectivity index (χ3n) is 3.84. The molecule has 3 rings (SSSR count). The van der Waals surface area contributed by atoms with E-state index >= 15 is 0 Å². The largest absolute Gasteiger partial charge is 0.326 e. The Balaban J connectivity index is 1.65. The van der Waals surface area contributed by atoms with Crippen LogP contribution in [0.5, 0.6) is 0 Å². The number of rotatable bonds is 3. The zero-order valence-electron chi connectivity index (χ0n) is 11.3. The Morgan fingerprint density at radius 1 is 1.30 bits per heavy atom. The minimum atomic E-state index is -0.0452. The quantitative estimate of drug-likeness (QED) is 0.881. The molecule has 1 fully saturated rings. The van der Waals surface area contributed by atoms with E-state index in [2.05, 4.69) is 22.8 Å². The Kier molecular flexibility index (Phi) is 3.26. The fourth-order valence-corrected chi connectivity index (χ4v) is 2.35. The maximum atomic E-state index is 11.8. The van der Waals surface area contributed by atoms with Crippen molar-refractivity contribution in [2.24, 2.45) is 16.9 Å². The first-order valence-electron chi connectivity index (χ1n) is 6.90. The summed E-state index contributed by atoms with van der Waals surface area (Å²) in [5, 5.41) is 6.97.